The highest BCUT2D eigenvalue weighted by Gasteiger charge is 2.50. The molecule has 0 spiro atoms. The average Bonchev–Trinajstić information content (AvgIpc) is 2.36. The average molecular weight is 249 g/mol. The summed E-state index contributed by atoms with van der Waals surface area (Å²) in [6.45, 7) is 3.25. The summed E-state index contributed by atoms with van der Waals surface area (Å²) < 4.78 is 5.46. The Morgan fingerprint density at radius 2 is 1.44 bits per heavy atom. The van der Waals surface area contributed by atoms with Gasteiger partial charge in [-0.3, -0.25) is 0 Å². The van der Waals surface area contributed by atoms with Crippen molar-refractivity contribution in [3.8, 4) is 0 Å². The van der Waals surface area contributed by atoms with Gasteiger partial charge in [0.15, 0.2) is 0 Å². The third kappa shape index (κ3) is 2.12. The molecule has 102 valence electrons. The van der Waals surface area contributed by atoms with Gasteiger partial charge in [0.2, 0.25) is 0 Å². The first kappa shape index (κ1) is 11.7. The molecule has 1 heterocycles. The molecule has 0 unspecified atom stereocenters. The molecule has 18 heavy (non-hydrogen) atoms. The summed E-state index contributed by atoms with van der Waals surface area (Å²) in [5.74, 6) is 3.27. The van der Waals surface area contributed by atoms with Gasteiger partial charge in [-0.15, -0.1) is 0 Å². The highest BCUT2D eigenvalue weighted by Crippen LogP contribution is 2.59. The van der Waals surface area contributed by atoms with E-state index in [0.29, 0.717) is 5.41 Å². The maximum atomic E-state index is 5.46. The molecule has 2 heteroatoms. The largest absolute Gasteiger partial charge is 0.381 e. The van der Waals surface area contributed by atoms with Gasteiger partial charge in [0.25, 0.3) is 0 Å². The molecular formula is C16H27NO. The van der Waals surface area contributed by atoms with Crippen molar-refractivity contribution in [2.45, 2.75) is 57.4 Å². The van der Waals surface area contributed by atoms with Crippen LogP contribution in [0.25, 0.3) is 0 Å². The molecule has 4 saturated carbocycles. The summed E-state index contributed by atoms with van der Waals surface area (Å²) in [7, 11) is 0. The van der Waals surface area contributed by atoms with E-state index < -0.39 is 0 Å². The number of hydrogen-bond acceptors (Lipinski definition) is 2. The quantitative estimate of drug-likeness (QED) is 0.830. The second kappa shape index (κ2) is 4.49. The van der Waals surface area contributed by atoms with Crippen molar-refractivity contribution in [1.29, 1.82) is 0 Å². The SMILES string of the molecule is C1CC(NCC23CC4CC(CC(C4)C2)C3)CCO1. The third-order valence-electron chi connectivity index (χ3n) is 6.15. The molecule has 0 aromatic rings. The molecule has 5 fully saturated rings. The zero-order valence-electron chi connectivity index (χ0n) is 11.5. The van der Waals surface area contributed by atoms with Gasteiger partial charge in [-0.2, -0.15) is 0 Å². The Morgan fingerprint density at radius 1 is 0.889 bits per heavy atom. The van der Waals surface area contributed by atoms with Crippen LogP contribution in [0.4, 0.5) is 0 Å². The Hall–Kier alpha value is -0.0800. The molecular weight excluding hydrogens is 222 g/mol. The lowest BCUT2D eigenvalue weighted by Crippen LogP contribution is -2.52. The summed E-state index contributed by atoms with van der Waals surface area (Å²) in [4.78, 5) is 0. The molecule has 2 nitrogen and oxygen atoms in total. The van der Waals surface area contributed by atoms with Crippen LogP contribution in [-0.2, 0) is 4.74 Å². The Balaban J connectivity index is 1.38. The van der Waals surface area contributed by atoms with E-state index >= 15 is 0 Å². The molecule has 0 radical (unpaired) electrons. The van der Waals surface area contributed by atoms with Gasteiger partial charge in [0, 0.05) is 25.8 Å². The molecule has 5 rings (SSSR count). The maximum Gasteiger partial charge on any atom is 0.0480 e. The predicted octanol–water partition coefficient (Wildman–Crippen LogP) is 2.97. The van der Waals surface area contributed by atoms with Crippen molar-refractivity contribution in [3.05, 3.63) is 0 Å². The number of ether oxygens (including phenoxy) is 1. The molecule has 4 bridgehead atoms. The molecule has 0 amide bonds. The fourth-order valence-electron chi connectivity index (χ4n) is 5.77. The first-order valence-corrected chi connectivity index (χ1v) is 8.12. The summed E-state index contributed by atoms with van der Waals surface area (Å²) >= 11 is 0. The second-order valence-corrected chi connectivity index (χ2v) is 7.69. The van der Waals surface area contributed by atoms with E-state index in [-0.39, 0.29) is 0 Å². The summed E-state index contributed by atoms with van der Waals surface area (Å²) in [6, 6.07) is 0.742. The van der Waals surface area contributed by atoms with Crippen LogP contribution in [0.1, 0.15) is 51.4 Å². The van der Waals surface area contributed by atoms with E-state index in [1.807, 2.05) is 0 Å². The molecule has 0 aromatic heterocycles. The highest BCUT2D eigenvalue weighted by atomic mass is 16.5. The minimum atomic E-state index is 0.701. The first-order chi connectivity index (χ1) is 8.81. The molecule has 1 aliphatic heterocycles. The third-order valence-corrected chi connectivity index (χ3v) is 6.15. The van der Waals surface area contributed by atoms with Gasteiger partial charge in [-0.05, 0) is 74.5 Å². The maximum absolute atomic E-state index is 5.46. The van der Waals surface area contributed by atoms with Crippen molar-refractivity contribution in [3.63, 3.8) is 0 Å². The minimum absolute atomic E-state index is 0.701. The van der Waals surface area contributed by atoms with Crippen molar-refractivity contribution < 1.29 is 4.74 Å². The van der Waals surface area contributed by atoms with E-state index in [0.717, 1.165) is 37.0 Å². The zero-order valence-corrected chi connectivity index (χ0v) is 11.5. The van der Waals surface area contributed by atoms with Gasteiger partial charge in [0.05, 0.1) is 0 Å². The van der Waals surface area contributed by atoms with E-state index in [1.165, 1.54) is 38.6 Å². The first-order valence-electron chi connectivity index (χ1n) is 8.12. The highest BCUT2D eigenvalue weighted by molar-refractivity contribution is 5.02. The van der Waals surface area contributed by atoms with Gasteiger partial charge in [0.1, 0.15) is 0 Å². The number of nitrogens with one attached hydrogen (secondary N) is 1. The van der Waals surface area contributed by atoms with Crippen LogP contribution in [0.15, 0.2) is 0 Å². The van der Waals surface area contributed by atoms with Gasteiger partial charge in [-0.25, -0.2) is 0 Å². The lowest BCUT2D eigenvalue weighted by Gasteiger charge is -2.57. The zero-order chi connectivity index (χ0) is 12.0. The molecule has 5 aliphatic rings. The minimum Gasteiger partial charge on any atom is -0.381 e. The number of rotatable bonds is 3. The predicted molar refractivity (Wildman–Crippen MR) is 72.4 cm³/mol. The molecule has 0 atom stereocenters. The van der Waals surface area contributed by atoms with Gasteiger partial charge >= 0.3 is 0 Å². The Morgan fingerprint density at radius 3 is 2.00 bits per heavy atom. The lowest BCUT2D eigenvalue weighted by atomic mass is 9.49. The van der Waals surface area contributed by atoms with E-state index in [9.17, 15) is 0 Å². The molecule has 4 aliphatic carbocycles. The van der Waals surface area contributed by atoms with E-state index in [1.54, 1.807) is 19.3 Å². The van der Waals surface area contributed by atoms with Crippen molar-refractivity contribution >= 4 is 0 Å². The normalized spacial score (nSPS) is 47.7. The molecule has 0 aromatic carbocycles. The van der Waals surface area contributed by atoms with Crippen molar-refractivity contribution in [2.24, 2.45) is 23.2 Å². The lowest BCUT2D eigenvalue weighted by molar-refractivity contribution is -0.0542. The monoisotopic (exact) mass is 249 g/mol. The number of hydrogen-bond donors (Lipinski definition) is 1. The van der Waals surface area contributed by atoms with Crippen LogP contribution in [0.3, 0.4) is 0 Å². The van der Waals surface area contributed by atoms with Gasteiger partial charge in [-0.1, -0.05) is 0 Å². The van der Waals surface area contributed by atoms with E-state index in [4.69, 9.17) is 4.74 Å². The van der Waals surface area contributed by atoms with Gasteiger partial charge < -0.3 is 10.1 Å². The summed E-state index contributed by atoms with van der Waals surface area (Å²) in [5.41, 5.74) is 0.701. The summed E-state index contributed by atoms with van der Waals surface area (Å²) in [5, 5.41) is 3.90. The molecule has 1 saturated heterocycles. The van der Waals surface area contributed by atoms with Crippen LogP contribution in [-0.4, -0.2) is 25.8 Å². The van der Waals surface area contributed by atoms with Crippen molar-refractivity contribution in [2.75, 3.05) is 19.8 Å². The molecule has 1 N–H and O–H groups in total. The van der Waals surface area contributed by atoms with Crippen LogP contribution >= 0.6 is 0 Å². The van der Waals surface area contributed by atoms with E-state index in [2.05, 4.69) is 5.32 Å². The second-order valence-electron chi connectivity index (χ2n) is 7.69. The van der Waals surface area contributed by atoms with Crippen LogP contribution in [0.5, 0.6) is 0 Å². The fraction of sp³-hybridized carbons (Fsp3) is 1.00. The van der Waals surface area contributed by atoms with Crippen LogP contribution in [0.2, 0.25) is 0 Å². The fourth-order valence-corrected chi connectivity index (χ4v) is 5.77. The van der Waals surface area contributed by atoms with Crippen LogP contribution < -0.4 is 5.32 Å². The Kier molecular flexibility index (Phi) is 2.92. The standard InChI is InChI=1S/C16H27NO/c1-3-18-4-2-15(1)17-11-16-8-12-5-13(9-16)7-14(6-12)10-16/h12-15,17H,1-11H2. The Bertz CT molecular complexity index is 273. The topological polar surface area (TPSA) is 21.3 Å². The Labute approximate surface area is 111 Å². The smallest absolute Gasteiger partial charge is 0.0480 e. The van der Waals surface area contributed by atoms with Crippen LogP contribution in [0, 0.1) is 23.2 Å². The van der Waals surface area contributed by atoms with Crippen molar-refractivity contribution in [1.82, 2.24) is 5.32 Å². The summed E-state index contributed by atoms with van der Waals surface area (Å²) in [6.07, 6.45) is 11.8.